The molecule has 0 aliphatic heterocycles. The van der Waals surface area contributed by atoms with Gasteiger partial charge in [0.2, 0.25) is 0 Å². The van der Waals surface area contributed by atoms with Crippen molar-refractivity contribution >= 4 is 12.6 Å². The molecule has 0 radical (unpaired) electrons. The first kappa shape index (κ1) is 13.7. The average molecular weight is 220 g/mol. The van der Waals surface area contributed by atoms with Crippen molar-refractivity contribution in [3.05, 3.63) is 10.9 Å². The molecule has 14 heavy (non-hydrogen) atoms. The fourth-order valence-electron chi connectivity index (χ4n) is 1.22. The minimum atomic E-state index is -0.659. The second-order valence-electron chi connectivity index (χ2n) is 3.37. The minimum absolute atomic E-state index is 0.280. The molecule has 0 bridgehead atoms. The molecule has 84 valence electrons. The third kappa shape index (κ3) is 8.26. The summed E-state index contributed by atoms with van der Waals surface area (Å²) >= 11 is 3.93. The Morgan fingerprint density at radius 3 is 1.86 bits per heavy atom. The number of unbranched alkanes of at least 4 members (excludes halogenated alkanes) is 5. The van der Waals surface area contributed by atoms with Crippen molar-refractivity contribution in [1.29, 1.82) is 0 Å². The number of rotatable bonds is 8. The van der Waals surface area contributed by atoms with Gasteiger partial charge in [-0.05, 0) is 19.3 Å². The van der Waals surface area contributed by atoms with E-state index in [1.807, 2.05) is 0 Å². The van der Waals surface area contributed by atoms with Gasteiger partial charge in [0.1, 0.15) is 0 Å². The summed E-state index contributed by atoms with van der Waals surface area (Å²) < 4.78 is 0. The van der Waals surface area contributed by atoms with Gasteiger partial charge < -0.3 is 15.3 Å². The maximum absolute atomic E-state index is 8.62. The van der Waals surface area contributed by atoms with Gasteiger partial charge in [0.15, 0.2) is 0 Å². The number of thiol groups is 1. The van der Waals surface area contributed by atoms with Crippen molar-refractivity contribution in [3.63, 3.8) is 0 Å². The van der Waals surface area contributed by atoms with E-state index in [2.05, 4.69) is 12.6 Å². The molecule has 0 aromatic heterocycles. The summed E-state index contributed by atoms with van der Waals surface area (Å²) in [6.45, 7) is 0.280. The third-order valence-corrected chi connectivity index (χ3v) is 2.50. The zero-order valence-electron chi connectivity index (χ0n) is 8.45. The van der Waals surface area contributed by atoms with E-state index in [-0.39, 0.29) is 6.61 Å². The molecule has 3 nitrogen and oxygen atoms in total. The van der Waals surface area contributed by atoms with E-state index in [0.717, 1.165) is 38.5 Å². The zero-order valence-corrected chi connectivity index (χ0v) is 9.34. The van der Waals surface area contributed by atoms with Crippen LogP contribution in [-0.4, -0.2) is 21.9 Å². The van der Waals surface area contributed by atoms with Gasteiger partial charge in [-0.25, -0.2) is 0 Å². The molecule has 3 N–H and O–H groups in total. The molecule has 0 aromatic rings. The lowest BCUT2D eigenvalue weighted by molar-refractivity contribution is 0.187. The van der Waals surface area contributed by atoms with E-state index in [1.54, 1.807) is 0 Å². The number of hydrogen-bond acceptors (Lipinski definition) is 4. The lowest BCUT2D eigenvalue weighted by Gasteiger charge is -2.01. The van der Waals surface area contributed by atoms with Gasteiger partial charge in [-0.3, -0.25) is 0 Å². The zero-order chi connectivity index (χ0) is 10.8. The molecule has 0 unspecified atom stereocenters. The Morgan fingerprint density at radius 2 is 1.36 bits per heavy atom. The Bertz CT molecular complexity index is 165. The van der Waals surface area contributed by atoms with Crippen LogP contribution in [0.4, 0.5) is 0 Å². The second kappa shape index (κ2) is 9.21. The van der Waals surface area contributed by atoms with Crippen molar-refractivity contribution < 1.29 is 15.3 Å². The van der Waals surface area contributed by atoms with E-state index in [9.17, 15) is 0 Å². The summed E-state index contributed by atoms with van der Waals surface area (Å²) in [5.74, 6) is -0.659. The van der Waals surface area contributed by atoms with Crippen LogP contribution in [0.1, 0.15) is 44.9 Å². The lowest BCUT2D eigenvalue weighted by atomic mass is 10.1. The summed E-state index contributed by atoms with van der Waals surface area (Å²) in [7, 11) is 0. The topological polar surface area (TPSA) is 60.7 Å². The van der Waals surface area contributed by atoms with E-state index >= 15 is 0 Å². The molecule has 0 saturated heterocycles. The molecule has 0 atom stereocenters. The monoisotopic (exact) mass is 220 g/mol. The number of allylic oxidation sites excluding steroid dienone is 1. The highest BCUT2D eigenvalue weighted by molar-refractivity contribution is 7.84. The predicted octanol–water partition coefficient (Wildman–Crippen LogP) is 2.92. The summed E-state index contributed by atoms with van der Waals surface area (Å²) in [5, 5.41) is 25.8. The Labute approximate surface area is 90.9 Å². The van der Waals surface area contributed by atoms with E-state index in [4.69, 9.17) is 15.3 Å². The molecule has 0 amide bonds. The maximum atomic E-state index is 8.62. The average Bonchev–Trinajstić information content (AvgIpc) is 2.16. The number of hydrogen-bond donors (Lipinski definition) is 4. The molecule has 0 aliphatic rings. The highest BCUT2D eigenvalue weighted by Gasteiger charge is 1.98. The van der Waals surface area contributed by atoms with Gasteiger partial charge >= 0.3 is 0 Å². The van der Waals surface area contributed by atoms with Crippen LogP contribution in [0.15, 0.2) is 10.9 Å². The van der Waals surface area contributed by atoms with Gasteiger partial charge in [0.25, 0.3) is 5.95 Å². The first-order valence-electron chi connectivity index (χ1n) is 5.09. The molecule has 0 saturated carbocycles. The van der Waals surface area contributed by atoms with Gasteiger partial charge in [-0.2, -0.15) is 0 Å². The SMILES string of the molecule is OCCCCCCCCC(S)=C(O)O. The van der Waals surface area contributed by atoms with E-state index in [0.29, 0.717) is 11.3 Å². The number of aliphatic hydroxyl groups is 3. The fraction of sp³-hybridized carbons (Fsp3) is 0.800. The molecular weight excluding hydrogens is 200 g/mol. The Balaban J connectivity index is 3.18. The van der Waals surface area contributed by atoms with Crippen LogP contribution in [0, 0.1) is 0 Å². The van der Waals surface area contributed by atoms with Crippen LogP contribution in [0.5, 0.6) is 0 Å². The van der Waals surface area contributed by atoms with Gasteiger partial charge in [0.05, 0.1) is 4.91 Å². The van der Waals surface area contributed by atoms with Crippen molar-refractivity contribution in [2.45, 2.75) is 44.9 Å². The molecule has 4 heteroatoms. The van der Waals surface area contributed by atoms with Crippen LogP contribution < -0.4 is 0 Å². The quantitative estimate of drug-likeness (QED) is 0.289. The molecule has 0 rings (SSSR count). The molecule has 0 aliphatic carbocycles. The molecule has 0 heterocycles. The lowest BCUT2D eigenvalue weighted by Crippen LogP contribution is -1.86. The number of aliphatic hydroxyl groups excluding tert-OH is 2. The highest BCUT2D eigenvalue weighted by Crippen LogP contribution is 2.15. The van der Waals surface area contributed by atoms with Crippen LogP contribution >= 0.6 is 12.6 Å². The Hall–Kier alpha value is -0.350. The van der Waals surface area contributed by atoms with Crippen LogP contribution in [0.3, 0.4) is 0 Å². The highest BCUT2D eigenvalue weighted by atomic mass is 32.1. The van der Waals surface area contributed by atoms with Gasteiger partial charge in [0, 0.05) is 6.61 Å². The standard InChI is InChI=1S/C10H20O3S/c11-8-6-4-2-1-3-5-7-9(14)10(12)13/h11-14H,1-8H2. The Morgan fingerprint density at radius 1 is 0.857 bits per heavy atom. The fourth-order valence-corrected chi connectivity index (χ4v) is 1.38. The van der Waals surface area contributed by atoms with Crippen molar-refractivity contribution in [2.24, 2.45) is 0 Å². The molecule has 0 spiro atoms. The van der Waals surface area contributed by atoms with Crippen LogP contribution in [0.25, 0.3) is 0 Å². The minimum Gasteiger partial charge on any atom is -0.481 e. The van der Waals surface area contributed by atoms with Crippen LogP contribution in [0.2, 0.25) is 0 Å². The largest absolute Gasteiger partial charge is 0.481 e. The van der Waals surface area contributed by atoms with Crippen molar-refractivity contribution in [2.75, 3.05) is 6.61 Å². The van der Waals surface area contributed by atoms with Gasteiger partial charge in [-0.15, -0.1) is 12.6 Å². The summed E-state index contributed by atoms with van der Waals surface area (Å²) in [4.78, 5) is 0.361. The first-order valence-corrected chi connectivity index (χ1v) is 5.54. The Kier molecular flexibility index (Phi) is 8.98. The maximum Gasteiger partial charge on any atom is 0.283 e. The molecule has 0 fully saturated rings. The molecule has 0 aromatic carbocycles. The summed E-state index contributed by atoms with van der Waals surface area (Å²) in [6.07, 6.45) is 6.86. The first-order chi connectivity index (χ1) is 6.68. The predicted molar refractivity (Wildman–Crippen MR) is 60.7 cm³/mol. The summed E-state index contributed by atoms with van der Waals surface area (Å²) in [6, 6.07) is 0. The van der Waals surface area contributed by atoms with Crippen LogP contribution in [-0.2, 0) is 0 Å². The van der Waals surface area contributed by atoms with Gasteiger partial charge in [-0.1, -0.05) is 25.7 Å². The smallest absolute Gasteiger partial charge is 0.283 e. The van der Waals surface area contributed by atoms with E-state index < -0.39 is 5.95 Å². The van der Waals surface area contributed by atoms with Crippen molar-refractivity contribution in [1.82, 2.24) is 0 Å². The van der Waals surface area contributed by atoms with E-state index in [1.165, 1.54) is 0 Å². The molecular formula is C10H20O3S. The normalized spacial score (nSPS) is 10.1. The third-order valence-electron chi connectivity index (χ3n) is 2.08. The second-order valence-corrected chi connectivity index (χ2v) is 3.91. The summed E-state index contributed by atoms with van der Waals surface area (Å²) in [5.41, 5.74) is 0. The van der Waals surface area contributed by atoms with Crippen molar-refractivity contribution in [3.8, 4) is 0 Å².